The van der Waals surface area contributed by atoms with Crippen molar-refractivity contribution in [2.45, 2.75) is 13.8 Å². The molecule has 0 bridgehead atoms. The highest BCUT2D eigenvalue weighted by Gasteiger charge is 2.10. The maximum Gasteiger partial charge on any atom is 0.0412 e. The summed E-state index contributed by atoms with van der Waals surface area (Å²) in [5.74, 6) is 0. The minimum atomic E-state index is 0.768. The second-order valence-corrected chi connectivity index (χ2v) is 6.65. The van der Waals surface area contributed by atoms with E-state index in [0.717, 1.165) is 14.9 Å². The van der Waals surface area contributed by atoms with Crippen LogP contribution in [0.25, 0.3) is 20.8 Å². The third-order valence-electron chi connectivity index (χ3n) is 3.96. The molecule has 110 valence electrons. The molecule has 0 nitrogen and oxygen atoms in total. The van der Waals surface area contributed by atoms with Gasteiger partial charge in [0.05, 0.1) is 0 Å². The van der Waals surface area contributed by atoms with E-state index in [-0.39, 0.29) is 0 Å². The third-order valence-corrected chi connectivity index (χ3v) is 5.21. The molecule has 0 aliphatic rings. The van der Waals surface area contributed by atoms with Gasteiger partial charge in [0, 0.05) is 9.51 Å². The van der Waals surface area contributed by atoms with Gasteiger partial charge in [-0.3, -0.25) is 0 Å². The van der Waals surface area contributed by atoms with E-state index in [1.807, 2.05) is 12.1 Å². The van der Waals surface area contributed by atoms with Gasteiger partial charge in [-0.2, -0.15) is 0 Å². The Morgan fingerprint density at radius 2 is 1.64 bits per heavy atom. The standard InChI is InChI=1S/C20H16BrCl/c1-13-6-3-4-8-17(13)20(21)14(2)18-9-5-7-15-12-16(22)10-11-19(15)18/h3-12H,1-2H3/b20-14-. The minimum absolute atomic E-state index is 0.768. The number of hydrogen-bond acceptors (Lipinski definition) is 0. The second-order valence-electron chi connectivity index (χ2n) is 5.42. The number of aryl methyl sites for hydroxylation is 1. The van der Waals surface area contributed by atoms with E-state index in [9.17, 15) is 0 Å². The normalized spacial score (nSPS) is 12.4. The zero-order valence-electron chi connectivity index (χ0n) is 12.5. The van der Waals surface area contributed by atoms with Crippen molar-refractivity contribution in [3.63, 3.8) is 0 Å². The largest absolute Gasteiger partial charge is 0.0843 e. The maximum atomic E-state index is 6.11. The molecule has 0 amide bonds. The number of fused-ring (bicyclic) bond motifs is 1. The van der Waals surface area contributed by atoms with Crippen molar-refractivity contribution in [2.75, 3.05) is 0 Å². The lowest BCUT2D eigenvalue weighted by Gasteiger charge is -2.12. The van der Waals surface area contributed by atoms with Crippen LogP contribution in [0.5, 0.6) is 0 Å². The predicted octanol–water partition coefficient (Wildman–Crippen LogP) is 7.08. The fraction of sp³-hybridized carbons (Fsp3) is 0.100. The zero-order chi connectivity index (χ0) is 15.7. The van der Waals surface area contributed by atoms with Crippen molar-refractivity contribution in [2.24, 2.45) is 0 Å². The first kappa shape index (κ1) is 15.3. The Balaban J connectivity index is 2.22. The van der Waals surface area contributed by atoms with Crippen LogP contribution >= 0.6 is 27.5 Å². The summed E-state index contributed by atoms with van der Waals surface area (Å²) in [6.07, 6.45) is 0. The predicted molar refractivity (Wildman–Crippen MR) is 102 cm³/mol. The van der Waals surface area contributed by atoms with E-state index >= 15 is 0 Å². The molecule has 0 N–H and O–H groups in total. The third kappa shape index (κ3) is 2.84. The topological polar surface area (TPSA) is 0 Å². The molecule has 0 heterocycles. The van der Waals surface area contributed by atoms with E-state index in [1.54, 1.807) is 0 Å². The number of allylic oxidation sites excluding steroid dienone is 1. The minimum Gasteiger partial charge on any atom is -0.0843 e. The first-order valence-electron chi connectivity index (χ1n) is 7.19. The monoisotopic (exact) mass is 370 g/mol. The van der Waals surface area contributed by atoms with Crippen LogP contribution in [-0.4, -0.2) is 0 Å². The van der Waals surface area contributed by atoms with E-state index < -0.39 is 0 Å². The second kappa shape index (κ2) is 6.28. The molecule has 0 saturated heterocycles. The van der Waals surface area contributed by atoms with Gasteiger partial charge in [-0.25, -0.2) is 0 Å². The van der Waals surface area contributed by atoms with Crippen molar-refractivity contribution < 1.29 is 0 Å². The first-order valence-corrected chi connectivity index (χ1v) is 8.36. The number of hydrogen-bond donors (Lipinski definition) is 0. The summed E-state index contributed by atoms with van der Waals surface area (Å²) >= 11 is 9.90. The molecule has 0 aliphatic carbocycles. The average Bonchev–Trinajstić information content (AvgIpc) is 2.53. The Morgan fingerprint density at radius 3 is 2.41 bits per heavy atom. The molecule has 2 heteroatoms. The fourth-order valence-corrected chi connectivity index (χ4v) is 3.56. The van der Waals surface area contributed by atoms with Crippen LogP contribution in [0.1, 0.15) is 23.6 Å². The highest BCUT2D eigenvalue weighted by molar-refractivity contribution is 9.15. The van der Waals surface area contributed by atoms with Gasteiger partial charge in [0.15, 0.2) is 0 Å². The summed E-state index contributed by atoms with van der Waals surface area (Å²) in [4.78, 5) is 0. The molecule has 3 aromatic rings. The van der Waals surface area contributed by atoms with Crippen LogP contribution in [0.4, 0.5) is 0 Å². The van der Waals surface area contributed by atoms with Crippen LogP contribution < -0.4 is 0 Å². The van der Waals surface area contributed by atoms with Gasteiger partial charge < -0.3 is 0 Å². The number of benzene rings is 3. The lowest BCUT2D eigenvalue weighted by Crippen LogP contribution is -1.89. The van der Waals surface area contributed by atoms with Crippen molar-refractivity contribution in [1.82, 2.24) is 0 Å². The number of halogens is 2. The fourth-order valence-electron chi connectivity index (χ4n) is 2.72. The van der Waals surface area contributed by atoms with Crippen molar-refractivity contribution >= 4 is 48.4 Å². The highest BCUT2D eigenvalue weighted by Crippen LogP contribution is 2.36. The molecule has 0 aliphatic heterocycles. The molecular weight excluding hydrogens is 356 g/mol. The van der Waals surface area contributed by atoms with Crippen molar-refractivity contribution in [3.05, 3.63) is 82.4 Å². The maximum absolute atomic E-state index is 6.11. The smallest absolute Gasteiger partial charge is 0.0412 e. The molecule has 22 heavy (non-hydrogen) atoms. The van der Waals surface area contributed by atoms with Crippen molar-refractivity contribution in [3.8, 4) is 0 Å². The molecule has 0 radical (unpaired) electrons. The van der Waals surface area contributed by atoms with Crippen LogP contribution in [0.3, 0.4) is 0 Å². The summed E-state index contributed by atoms with van der Waals surface area (Å²) in [6, 6.07) is 20.8. The molecule has 3 rings (SSSR count). The van der Waals surface area contributed by atoms with E-state index in [2.05, 4.69) is 78.3 Å². The van der Waals surface area contributed by atoms with Crippen LogP contribution in [0.15, 0.2) is 60.7 Å². The molecule has 0 aromatic heterocycles. The van der Waals surface area contributed by atoms with Gasteiger partial charge in [0.2, 0.25) is 0 Å². The van der Waals surface area contributed by atoms with Crippen LogP contribution in [-0.2, 0) is 0 Å². The molecule has 3 aromatic carbocycles. The summed E-state index contributed by atoms with van der Waals surface area (Å²) in [7, 11) is 0. The van der Waals surface area contributed by atoms with Crippen LogP contribution in [0.2, 0.25) is 5.02 Å². The van der Waals surface area contributed by atoms with E-state index in [4.69, 9.17) is 11.6 Å². The Kier molecular flexibility index (Phi) is 4.37. The summed E-state index contributed by atoms with van der Waals surface area (Å²) in [5.41, 5.74) is 4.94. The van der Waals surface area contributed by atoms with Crippen molar-refractivity contribution in [1.29, 1.82) is 0 Å². The Labute approximate surface area is 144 Å². The molecule has 0 saturated carbocycles. The zero-order valence-corrected chi connectivity index (χ0v) is 14.9. The molecular formula is C20H16BrCl. The number of rotatable bonds is 2. The van der Waals surface area contributed by atoms with Gasteiger partial charge in [0.1, 0.15) is 0 Å². The highest BCUT2D eigenvalue weighted by atomic mass is 79.9. The van der Waals surface area contributed by atoms with Gasteiger partial charge >= 0.3 is 0 Å². The average molecular weight is 372 g/mol. The quantitative estimate of drug-likeness (QED) is 0.422. The lowest BCUT2D eigenvalue weighted by atomic mass is 9.96. The van der Waals surface area contributed by atoms with E-state index in [1.165, 1.54) is 27.6 Å². The summed E-state index contributed by atoms with van der Waals surface area (Å²) in [6.45, 7) is 4.28. The molecule has 0 atom stereocenters. The van der Waals surface area contributed by atoms with Gasteiger partial charge in [-0.1, -0.05) is 60.1 Å². The SMILES string of the molecule is C/C(=C(/Br)c1ccccc1C)c1cccc2cc(Cl)ccc12. The Bertz CT molecular complexity index is 878. The molecule has 0 spiro atoms. The van der Waals surface area contributed by atoms with Crippen LogP contribution in [0, 0.1) is 6.92 Å². The Hall–Kier alpha value is -1.57. The summed E-state index contributed by atoms with van der Waals surface area (Å²) < 4.78 is 1.13. The summed E-state index contributed by atoms with van der Waals surface area (Å²) in [5, 5.41) is 3.15. The first-order chi connectivity index (χ1) is 10.6. The Morgan fingerprint density at radius 1 is 0.909 bits per heavy atom. The molecule has 0 fully saturated rings. The van der Waals surface area contributed by atoms with E-state index in [0.29, 0.717) is 0 Å². The lowest BCUT2D eigenvalue weighted by molar-refractivity contribution is 1.44. The van der Waals surface area contributed by atoms with Gasteiger partial charge in [-0.05, 0) is 74.9 Å². The van der Waals surface area contributed by atoms with Gasteiger partial charge in [-0.15, -0.1) is 0 Å². The van der Waals surface area contributed by atoms with Gasteiger partial charge in [0.25, 0.3) is 0 Å². The molecule has 0 unspecified atom stereocenters.